The lowest BCUT2D eigenvalue weighted by Crippen LogP contribution is -2.53. The Kier molecular flexibility index (Phi) is 4.76. The second kappa shape index (κ2) is 7.10. The van der Waals surface area contributed by atoms with Crippen molar-refractivity contribution in [1.29, 1.82) is 0 Å². The van der Waals surface area contributed by atoms with Gasteiger partial charge < -0.3 is 13.8 Å². The van der Waals surface area contributed by atoms with Crippen LogP contribution in [0.4, 0.5) is 5.69 Å². The average molecular weight is 401 g/mol. The van der Waals surface area contributed by atoms with Crippen LogP contribution in [0.15, 0.2) is 56.4 Å². The van der Waals surface area contributed by atoms with E-state index in [0.717, 1.165) is 5.69 Å². The summed E-state index contributed by atoms with van der Waals surface area (Å²) >= 11 is 0. The first-order valence-electron chi connectivity index (χ1n) is 9.21. The maximum atomic E-state index is 13.2. The number of aryl methyl sites for hydroxylation is 2. The molecule has 1 saturated heterocycles. The quantitative estimate of drug-likeness (QED) is 0.666. The molecule has 1 unspecified atom stereocenters. The lowest BCUT2D eigenvalue weighted by Gasteiger charge is -2.40. The fourth-order valence-corrected chi connectivity index (χ4v) is 5.33. The van der Waals surface area contributed by atoms with E-state index in [4.69, 9.17) is 8.94 Å². The zero-order valence-electron chi connectivity index (χ0n) is 16.1. The van der Waals surface area contributed by atoms with Gasteiger partial charge in [-0.1, -0.05) is 17.3 Å². The molecule has 1 fully saturated rings. The molecule has 3 aromatic rings. The molecule has 8 heteroatoms. The minimum absolute atomic E-state index is 0.0614. The van der Waals surface area contributed by atoms with Crippen LogP contribution in [-0.4, -0.2) is 43.6 Å². The number of sulfonamides is 1. The first-order valence-corrected chi connectivity index (χ1v) is 10.7. The van der Waals surface area contributed by atoms with Gasteiger partial charge in [0.1, 0.15) is 10.7 Å². The molecule has 4 rings (SSSR count). The summed E-state index contributed by atoms with van der Waals surface area (Å²) in [5.41, 5.74) is 2.31. The molecule has 1 atom stereocenters. The van der Waals surface area contributed by atoms with Crippen LogP contribution in [-0.2, 0) is 10.0 Å². The summed E-state index contributed by atoms with van der Waals surface area (Å²) in [6, 6.07) is 11.5. The number of rotatable bonds is 4. The highest BCUT2D eigenvalue weighted by Crippen LogP contribution is 2.31. The van der Waals surface area contributed by atoms with Gasteiger partial charge in [-0.2, -0.15) is 4.31 Å². The third-order valence-corrected chi connectivity index (χ3v) is 7.07. The van der Waals surface area contributed by atoms with Crippen LogP contribution in [0.3, 0.4) is 0 Å². The molecule has 1 aliphatic rings. The van der Waals surface area contributed by atoms with Crippen molar-refractivity contribution in [2.45, 2.75) is 31.7 Å². The number of benzene rings is 1. The zero-order chi connectivity index (χ0) is 19.9. The van der Waals surface area contributed by atoms with Gasteiger partial charge >= 0.3 is 0 Å². The number of piperazine rings is 1. The van der Waals surface area contributed by atoms with Gasteiger partial charge in [0.2, 0.25) is 15.8 Å². The number of aromatic nitrogens is 1. The van der Waals surface area contributed by atoms with E-state index < -0.39 is 10.0 Å². The second-order valence-corrected chi connectivity index (χ2v) is 9.06. The molecule has 0 amide bonds. The van der Waals surface area contributed by atoms with E-state index in [1.165, 1.54) is 22.1 Å². The number of furan rings is 1. The number of nitrogens with zero attached hydrogens (tertiary/aromatic N) is 3. The molecule has 0 spiro atoms. The lowest BCUT2D eigenvalue weighted by molar-refractivity contribution is 0.342. The van der Waals surface area contributed by atoms with Crippen LogP contribution in [0.1, 0.15) is 18.2 Å². The Hall–Kier alpha value is -2.58. The fourth-order valence-electron chi connectivity index (χ4n) is 3.66. The first kappa shape index (κ1) is 18.8. The molecule has 1 aliphatic heterocycles. The molecule has 0 N–H and O–H groups in total. The Morgan fingerprint density at radius 3 is 2.61 bits per heavy atom. The minimum atomic E-state index is -3.66. The topological polar surface area (TPSA) is 79.8 Å². The summed E-state index contributed by atoms with van der Waals surface area (Å²) in [5.74, 6) is 1.11. The van der Waals surface area contributed by atoms with E-state index in [2.05, 4.69) is 35.2 Å². The smallest absolute Gasteiger partial charge is 0.246 e. The molecule has 28 heavy (non-hydrogen) atoms. The highest BCUT2D eigenvalue weighted by Gasteiger charge is 2.35. The van der Waals surface area contributed by atoms with Crippen LogP contribution in [0.2, 0.25) is 0 Å². The van der Waals surface area contributed by atoms with Crippen molar-refractivity contribution in [3.05, 3.63) is 53.9 Å². The number of hydrogen-bond acceptors (Lipinski definition) is 6. The fraction of sp³-hybridized carbons (Fsp3) is 0.350. The number of hydrogen-bond donors (Lipinski definition) is 0. The predicted octanol–water partition coefficient (Wildman–Crippen LogP) is 3.45. The van der Waals surface area contributed by atoms with Crippen LogP contribution in [0, 0.1) is 13.8 Å². The Balaban J connectivity index is 1.57. The van der Waals surface area contributed by atoms with Gasteiger partial charge in [0.25, 0.3) is 0 Å². The Labute approximate surface area is 164 Å². The van der Waals surface area contributed by atoms with Crippen molar-refractivity contribution in [3.8, 4) is 11.5 Å². The largest absolute Gasteiger partial charge is 0.457 e. The predicted molar refractivity (Wildman–Crippen MR) is 106 cm³/mol. The Bertz CT molecular complexity index is 1070. The molecule has 0 aliphatic carbocycles. The van der Waals surface area contributed by atoms with Gasteiger partial charge in [-0.05, 0) is 38.5 Å². The van der Waals surface area contributed by atoms with Gasteiger partial charge in [-0.3, -0.25) is 0 Å². The van der Waals surface area contributed by atoms with Gasteiger partial charge in [0, 0.05) is 43.5 Å². The first-order chi connectivity index (χ1) is 13.4. The highest BCUT2D eigenvalue weighted by atomic mass is 32.2. The van der Waals surface area contributed by atoms with E-state index >= 15 is 0 Å². The summed E-state index contributed by atoms with van der Waals surface area (Å²) in [4.78, 5) is 2.43. The third kappa shape index (κ3) is 3.33. The van der Waals surface area contributed by atoms with Crippen LogP contribution >= 0.6 is 0 Å². The summed E-state index contributed by atoms with van der Waals surface area (Å²) < 4.78 is 38.7. The number of anilines is 1. The summed E-state index contributed by atoms with van der Waals surface area (Å²) in [7, 11) is -3.66. The Morgan fingerprint density at radius 2 is 1.93 bits per heavy atom. The van der Waals surface area contributed by atoms with Crippen molar-refractivity contribution < 1.29 is 17.4 Å². The average Bonchev–Trinajstić information content (AvgIpc) is 3.31. The molecule has 0 saturated carbocycles. The van der Waals surface area contributed by atoms with Crippen molar-refractivity contribution in [1.82, 2.24) is 9.46 Å². The van der Waals surface area contributed by atoms with Gasteiger partial charge in [-0.15, -0.1) is 0 Å². The molecule has 3 heterocycles. The van der Waals surface area contributed by atoms with E-state index in [9.17, 15) is 8.42 Å². The molecule has 0 bridgehead atoms. The molecular weight excluding hydrogens is 378 g/mol. The van der Waals surface area contributed by atoms with Crippen LogP contribution in [0.5, 0.6) is 0 Å². The van der Waals surface area contributed by atoms with Crippen LogP contribution in [0.25, 0.3) is 11.5 Å². The molecular formula is C20H23N3O4S. The molecule has 148 valence electrons. The maximum absolute atomic E-state index is 13.2. The van der Waals surface area contributed by atoms with E-state index in [1.807, 2.05) is 13.0 Å². The molecule has 1 aromatic carbocycles. The SMILES string of the molecule is Cc1cccc(N2CCN(S(=O)(=O)c3cc(-c4ccno4)oc3C)CC2C)c1. The molecule has 7 nitrogen and oxygen atoms in total. The van der Waals surface area contributed by atoms with Gasteiger partial charge in [0.15, 0.2) is 5.76 Å². The summed E-state index contributed by atoms with van der Waals surface area (Å²) in [6.07, 6.45) is 1.49. The zero-order valence-corrected chi connectivity index (χ0v) is 16.9. The highest BCUT2D eigenvalue weighted by molar-refractivity contribution is 7.89. The van der Waals surface area contributed by atoms with Crippen molar-refractivity contribution in [2.24, 2.45) is 0 Å². The van der Waals surface area contributed by atoms with E-state index in [0.29, 0.717) is 36.9 Å². The Morgan fingerprint density at radius 1 is 1.11 bits per heavy atom. The summed E-state index contributed by atoms with van der Waals surface area (Å²) in [5, 5.41) is 3.64. The monoisotopic (exact) mass is 401 g/mol. The van der Waals surface area contributed by atoms with Gasteiger partial charge in [-0.25, -0.2) is 8.42 Å². The standard InChI is InChI=1S/C20H23N3O4S/c1-14-5-4-6-17(11-14)23-10-9-22(13-15(23)2)28(24,25)20-12-19(26-16(20)3)18-7-8-21-27-18/h4-8,11-12,15H,9-10,13H2,1-3H3. The molecule has 2 aromatic heterocycles. The second-order valence-electron chi connectivity index (χ2n) is 7.15. The minimum Gasteiger partial charge on any atom is -0.457 e. The summed E-state index contributed by atoms with van der Waals surface area (Å²) in [6.45, 7) is 7.23. The van der Waals surface area contributed by atoms with Gasteiger partial charge in [0.05, 0.1) is 6.20 Å². The third-order valence-electron chi connectivity index (χ3n) is 5.09. The van der Waals surface area contributed by atoms with Crippen molar-refractivity contribution in [2.75, 3.05) is 24.5 Å². The lowest BCUT2D eigenvalue weighted by atomic mass is 10.1. The van der Waals surface area contributed by atoms with Crippen molar-refractivity contribution >= 4 is 15.7 Å². The molecule has 0 radical (unpaired) electrons. The van der Waals surface area contributed by atoms with E-state index in [-0.39, 0.29) is 10.9 Å². The normalized spacial score (nSPS) is 18.5. The van der Waals surface area contributed by atoms with Crippen molar-refractivity contribution in [3.63, 3.8) is 0 Å². The maximum Gasteiger partial charge on any atom is 0.246 e. The van der Waals surface area contributed by atoms with E-state index in [1.54, 1.807) is 13.0 Å². The van der Waals surface area contributed by atoms with Crippen LogP contribution < -0.4 is 4.90 Å².